The molecule has 0 spiro atoms. The monoisotopic (exact) mass is 392 g/mol. The first kappa shape index (κ1) is 27.7. The molecule has 0 nitrogen and oxygen atoms in total. The van der Waals surface area contributed by atoms with E-state index in [1.165, 1.54) is 154 Å². The second-order valence-electron chi connectivity index (χ2n) is 9.12. The van der Waals surface area contributed by atoms with Crippen LogP contribution in [0.15, 0.2) is 12.2 Å². The molecule has 0 saturated heterocycles. The van der Waals surface area contributed by atoms with Gasteiger partial charge in [-0.05, 0) is 25.7 Å². The van der Waals surface area contributed by atoms with E-state index in [0.29, 0.717) is 0 Å². The molecule has 0 saturated carbocycles. The molecular weight excluding hydrogens is 336 g/mol. The van der Waals surface area contributed by atoms with Gasteiger partial charge in [-0.2, -0.15) is 0 Å². The minimum absolute atomic E-state index is 1.31. The lowest BCUT2D eigenvalue weighted by Gasteiger charge is -2.03. The summed E-state index contributed by atoms with van der Waals surface area (Å²) < 4.78 is 0. The zero-order valence-electron chi connectivity index (χ0n) is 20.1. The Morgan fingerprint density at radius 3 is 0.750 bits per heavy atom. The highest BCUT2D eigenvalue weighted by Gasteiger charge is 1.94. The van der Waals surface area contributed by atoms with Crippen molar-refractivity contribution in [3.8, 4) is 0 Å². The van der Waals surface area contributed by atoms with E-state index in [2.05, 4.69) is 26.0 Å². The molecule has 0 atom stereocenters. The van der Waals surface area contributed by atoms with Gasteiger partial charge < -0.3 is 0 Å². The zero-order chi connectivity index (χ0) is 20.4. The second kappa shape index (κ2) is 26.7. The maximum Gasteiger partial charge on any atom is -0.0351 e. The lowest BCUT2D eigenvalue weighted by molar-refractivity contribution is 0.536. The van der Waals surface area contributed by atoms with Crippen LogP contribution in [0, 0.1) is 0 Å². The lowest BCUT2D eigenvalue weighted by atomic mass is 10.0. The Bertz CT molecular complexity index is 278. The maximum absolute atomic E-state index is 2.45. The number of unbranched alkanes of at least 4 members (excludes halogenated alkanes) is 22. The van der Waals surface area contributed by atoms with Crippen LogP contribution < -0.4 is 0 Å². The van der Waals surface area contributed by atoms with Crippen LogP contribution in [-0.2, 0) is 0 Å². The molecule has 0 heteroatoms. The van der Waals surface area contributed by atoms with Gasteiger partial charge in [0.1, 0.15) is 0 Å². The van der Waals surface area contributed by atoms with Gasteiger partial charge in [0.05, 0.1) is 0 Å². The molecule has 0 unspecified atom stereocenters. The highest BCUT2D eigenvalue weighted by Crippen LogP contribution is 2.14. The Balaban J connectivity index is 3.04. The third kappa shape index (κ3) is 25.7. The summed E-state index contributed by atoms with van der Waals surface area (Å²) in [6.07, 6.45) is 39.4. The van der Waals surface area contributed by atoms with Crippen LogP contribution in [0.2, 0.25) is 0 Å². The molecule has 0 rings (SSSR count). The van der Waals surface area contributed by atoms with Crippen LogP contribution in [0.4, 0.5) is 0 Å². The fraction of sp³-hybridized carbons (Fsp3) is 0.929. The molecule has 0 bridgehead atoms. The predicted molar refractivity (Wildman–Crippen MR) is 131 cm³/mol. The minimum atomic E-state index is 1.31. The van der Waals surface area contributed by atoms with Crippen molar-refractivity contribution in [3.05, 3.63) is 12.2 Å². The van der Waals surface area contributed by atoms with Gasteiger partial charge >= 0.3 is 0 Å². The van der Waals surface area contributed by atoms with Crippen molar-refractivity contribution >= 4 is 0 Å². The summed E-state index contributed by atoms with van der Waals surface area (Å²) in [5.74, 6) is 0. The van der Waals surface area contributed by atoms with Crippen molar-refractivity contribution in [2.75, 3.05) is 0 Å². The van der Waals surface area contributed by atoms with E-state index in [-0.39, 0.29) is 0 Å². The Morgan fingerprint density at radius 2 is 0.500 bits per heavy atom. The van der Waals surface area contributed by atoms with E-state index in [1.807, 2.05) is 0 Å². The summed E-state index contributed by atoms with van der Waals surface area (Å²) in [4.78, 5) is 0. The highest BCUT2D eigenvalue weighted by atomic mass is 14.0. The number of hydrogen-bond acceptors (Lipinski definition) is 0. The van der Waals surface area contributed by atoms with E-state index in [4.69, 9.17) is 0 Å². The van der Waals surface area contributed by atoms with Crippen LogP contribution >= 0.6 is 0 Å². The Kier molecular flexibility index (Phi) is 26.5. The third-order valence-electron chi connectivity index (χ3n) is 6.12. The summed E-state index contributed by atoms with van der Waals surface area (Å²) >= 11 is 0. The van der Waals surface area contributed by atoms with E-state index in [0.717, 1.165) is 0 Å². The van der Waals surface area contributed by atoms with Gasteiger partial charge in [-0.15, -0.1) is 0 Å². The van der Waals surface area contributed by atoms with Crippen LogP contribution in [0.25, 0.3) is 0 Å². The summed E-state index contributed by atoms with van der Waals surface area (Å²) in [6.45, 7) is 4.60. The fourth-order valence-corrected chi connectivity index (χ4v) is 4.09. The largest absolute Gasteiger partial charge is 0.0885 e. The summed E-state index contributed by atoms with van der Waals surface area (Å²) in [5, 5.41) is 0. The summed E-state index contributed by atoms with van der Waals surface area (Å²) in [5.41, 5.74) is 0. The van der Waals surface area contributed by atoms with Crippen LogP contribution in [0.5, 0.6) is 0 Å². The van der Waals surface area contributed by atoms with Gasteiger partial charge in [-0.25, -0.2) is 0 Å². The van der Waals surface area contributed by atoms with Crippen molar-refractivity contribution in [3.63, 3.8) is 0 Å². The Morgan fingerprint density at radius 1 is 0.286 bits per heavy atom. The maximum atomic E-state index is 2.45. The third-order valence-corrected chi connectivity index (χ3v) is 6.12. The van der Waals surface area contributed by atoms with Crippen molar-refractivity contribution in [1.29, 1.82) is 0 Å². The minimum Gasteiger partial charge on any atom is -0.0885 e. The van der Waals surface area contributed by atoms with Gasteiger partial charge in [0.15, 0.2) is 0 Å². The fourth-order valence-electron chi connectivity index (χ4n) is 4.09. The molecule has 0 aliphatic carbocycles. The standard InChI is InChI=1S/C28H56/c1-3-5-7-9-11-13-15-17-19-21-23-25-27-28-26-24-22-20-18-16-14-12-10-8-6-4-2/h21,23H,3-20,22,24-28H2,1-2H3. The molecule has 0 aliphatic rings. The van der Waals surface area contributed by atoms with Gasteiger partial charge in [-0.1, -0.05) is 154 Å². The summed E-state index contributed by atoms with van der Waals surface area (Å²) in [6, 6.07) is 0. The molecule has 0 aromatic heterocycles. The molecule has 0 aromatic carbocycles. The first-order chi connectivity index (χ1) is 13.9. The van der Waals surface area contributed by atoms with E-state index < -0.39 is 0 Å². The first-order valence-electron chi connectivity index (χ1n) is 13.6. The molecule has 28 heavy (non-hydrogen) atoms. The van der Waals surface area contributed by atoms with E-state index in [1.54, 1.807) is 0 Å². The van der Waals surface area contributed by atoms with Crippen LogP contribution in [0.1, 0.15) is 168 Å². The number of allylic oxidation sites excluding steroid dienone is 2. The second-order valence-corrected chi connectivity index (χ2v) is 9.12. The zero-order valence-corrected chi connectivity index (χ0v) is 20.1. The predicted octanol–water partition coefficient (Wildman–Crippen LogP) is 10.9. The average Bonchev–Trinajstić information content (AvgIpc) is 2.71. The normalized spacial score (nSPS) is 11.6. The first-order valence-corrected chi connectivity index (χ1v) is 13.6. The molecule has 0 amide bonds. The molecule has 168 valence electrons. The molecule has 0 aliphatic heterocycles. The quantitative estimate of drug-likeness (QED) is 0.113. The van der Waals surface area contributed by atoms with Crippen molar-refractivity contribution in [2.45, 2.75) is 168 Å². The van der Waals surface area contributed by atoms with Crippen molar-refractivity contribution in [1.82, 2.24) is 0 Å². The van der Waals surface area contributed by atoms with Crippen LogP contribution in [-0.4, -0.2) is 0 Å². The van der Waals surface area contributed by atoms with Gasteiger partial charge in [0, 0.05) is 0 Å². The smallest absolute Gasteiger partial charge is 0.0351 e. The van der Waals surface area contributed by atoms with E-state index in [9.17, 15) is 0 Å². The van der Waals surface area contributed by atoms with E-state index >= 15 is 0 Å². The Labute approximate surface area is 180 Å². The molecule has 0 heterocycles. The number of rotatable bonds is 24. The van der Waals surface area contributed by atoms with Gasteiger partial charge in [-0.3, -0.25) is 0 Å². The van der Waals surface area contributed by atoms with Crippen molar-refractivity contribution < 1.29 is 0 Å². The highest BCUT2D eigenvalue weighted by molar-refractivity contribution is 4.81. The Hall–Kier alpha value is -0.260. The van der Waals surface area contributed by atoms with Gasteiger partial charge in [0.25, 0.3) is 0 Å². The van der Waals surface area contributed by atoms with Crippen LogP contribution in [0.3, 0.4) is 0 Å². The summed E-state index contributed by atoms with van der Waals surface area (Å²) in [7, 11) is 0. The molecule has 0 radical (unpaired) electrons. The van der Waals surface area contributed by atoms with Crippen molar-refractivity contribution in [2.24, 2.45) is 0 Å². The average molecular weight is 393 g/mol. The molecular formula is C28H56. The molecule has 0 N–H and O–H groups in total. The SMILES string of the molecule is CCCCCCCCCCC=CCCCCCCCCCCCCCCCC. The number of hydrogen-bond donors (Lipinski definition) is 0. The molecule has 0 aromatic rings. The van der Waals surface area contributed by atoms with Gasteiger partial charge in [0.2, 0.25) is 0 Å². The topological polar surface area (TPSA) is 0 Å². The molecule has 0 fully saturated rings. The lowest BCUT2D eigenvalue weighted by Crippen LogP contribution is -1.83.